The van der Waals surface area contributed by atoms with E-state index in [1.807, 2.05) is 0 Å². The first kappa shape index (κ1) is 16.8. The fourth-order valence-corrected chi connectivity index (χ4v) is 4.30. The number of primary amides is 1. The maximum absolute atomic E-state index is 10.9. The predicted octanol–water partition coefficient (Wildman–Crippen LogP) is 2.15. The second kappa shape index (κ2) is 6.43. The van der Waals surface area contributed by atoms with E-state index in [4.69, 9.17) is 10.5 Å². The fourth-order valence-electron chi connectivity index (χ4n) is 4.30. The molecule has 3 N–H and O–H groups in total. The number of likely N-dealkylation sites (N-methyl/N-ethyl adjacent to an activating group) is 1. The molecule has 0 unspecified atom stereocenters. The van der Waals surface area contributed by atoms with Gasteiger partial charge in [0.1, 0.15) is 5.75 Å². The van der Waals surface area contributed by atoms with Gasteiger partial charge in [0.25, 0.3) is 0 Å². The minimum atomic E-state index is -0.609. The molecule has 1 aromatic carbocycles. The molecule has 24 heavy (non-hydrogen) atoms. The van der Waals surface area contributed by atoms with Crippen LogP contribution < -0.4 is 15.9 Å². The van der Waals surface area contributed by atoms with Crippen molar-refractivity contribution >= 4 is 11.7 Å². The highest BCUT2D eigenvalue weighted by Crippen LogP contribution is 2.48. The van der Waals surface area contributed by atoms with Gasteiger partial charge in [-0.2, -0.15) is 5.10 Å². The number of likely N-dealkylation sites (tertiary alicyclic amines) is 1. The number of methoxy groups -OCH3 is 1. The van der Waals surface area contributed by atoms with Crippen LogP contribution in [-0.4, -0.2) is 43.4 Å². The largest absolute Gasteiger partial charge is 0.496 e. The fraction of sp³-hybridized carbons (Fsp3) is 0.556. The van der Waals surface area contributed by atoms with Gasteiger partial charge in [0, 0.05) is 23.6 Å². The maximum atomic E-state index is 10.9. The minimum Gasteiger partial charge on any atom is -0.496 e. The molecule has 2 aliphatic rings. The van der Waals surface area contributed by atoms with Crippen LogP contribution in [-0.2, 0) is 5.41 Å². The number of hydrogen-bond acceptors (Lipinski definition) is 4. The van der Waals surface area contributed by atoms with Gasteiger partial charge in [-0.15, -0.1) is 0 Å². The summed E-state index contributed by atoms with van der Waals surface area (Å²) < 4.78 is 5.54. The zero-order valence-corrected chi connectivity index (χ0v) is 14.6. The zero-order chi connectivity index (χ0) is 17.3. The number of benzene rings is 1. The summed E-state index contributed by atoms with van der Waals surface area (Å²) in [5, 5.41) is 4.19. The molecule has 6 heteroatoms. The summed E-state index contributed by atoms with van der Waals surface area (Å²) in [7, 11) is 3.89. The number of carbonyl (C=O) groups is 1. The van der Waals surface area contributed by atoms with Crippen LogP contribution in [0, 0.1) is 6.92 Å². The third kappa shape index (κ3) is 2.86. The summed E-state index contributed by atoms with van der Waals surface area (Å²) in [6.07, 6.45) is 3.89. The number of nitrogens with one attached hydrogen (secondary N) is 1. The summed E-state index contributed by atoms with van der Waals surface area (Å²) in [5.41, 5.74) is 11.1. The number of hydrazone groups is 1. The van der Waals surface area contributed by atoms with Crippen LogP contribution in [0.1, 0.15) is 36.8 Å². The Morgan fingerprint density at radius 2 is 2.25 bits per heavy atom. The number of fused-ring (bicyclic) bond motifs is 1. The van der Waals surface area contributed by atoms with Crippen molar-refractivity contribution in [2.45, 2.75) is 44.1 Å². The van der Waals surface area contributed by atoms with E-state index in [9.17, 15) is 4.79 Å². The third-order valence-electron chi connectivity index (χ3n) is 5.68. The Balaban J connectivity index is 1.92. The average Bonchev–Trinajstić information content (AvgIpc) is 2.91. The van der Waals surface area contributed by atoms with Crippen molar-refractivity contribution in [1.29, 1.82) is 0 Å². The molecule has 1 aliphatic carbocycles. The van der Waals surface area contributed by atoms with E-state index < -0.39 is 6.03 Å². The molecular weight excluding hydrogens is 304 g/mol. The summed E-state index contributed by atoms with van der Waals surface area (Å²) in [4.78, 5) is 13.3. The lowest BCUT2D eigenvalue weighted by molar-refractivity contribution is 0.226. The van der Waals surface area contributed by atoms with E-state index in [1.165, 1.54) is 5.56 Å². The quantitative estimate of drug-likeness (QED) is 0.834. The Labute approximate surface area is 143 Å². The van der Waals surface area contributed by atoms with Gasteiger partial charge < -0.3 is 15.4 Å². The number of hydrogen-bond donors (Lipinski definition) is 2. The molecule has 0 radical (unpaired) electrons. The molecule has 0 bridgehead atoms. The molecule has 3 rings (SSSR count). The number of ether oxygens (including phenoxy) is 1. The molecule has 1 heterocycles. The van der Waals surface area contributed by atoms with Crippen molar-refractivity contribution in [3.63, 3.8) is 0 Å². The van der Waals surface area contributed by atoms with Crippen molar-refractivity contribution < 1.29 is 9.53 Å². The molecule has 1 aromatic rings. The maximum Gasteiger partial charge on any atom is 0.332 e. The van der Waals surface area contributed by atoms with Gasteiger partial charge in [-0.25, -0.2) is 10.2 Å². The van der Waals surface area contributed by atoms with Crippen LogP contribution in [0.2, 0.25) is 0 Å². The third-order valence-corrected chi connectivity index (χ3v) is 5.68. The van der Waals surface area contributed by atoms with Crippen LogP contribution in [0.15, 0.2) is 23.3 Å². The van der Waals surface area contributed by atoms with E-state index in [0.717, 1.165) is 49.3 Å². The molecular formula is C18H26N4O2. The molecule has 1 saturated carbocycles. The van der Waals surface area contributed by atoms with Crippen LogP contribution in [0.5, 0.6) is 5.75 Å². The number of carbonyl (C=O) groups excluding carboxylic acids is 1. The van der Waals surface area contributed by atoms with E-state index in [1.54, 1.807) is 7.11 Å². The monoisotopic (exact) mass is 330 g/mol. The number of nitrogens with zero attached hydrogens (tertiary/aromatic N) is 2. The molecule has 1 aliphatic heterocycles. The first-order valence-corrected chi connectivity index (χ1v) is 8.42. The van der Waals surface area contributed by atoms with E-state index in [2.05, 4.69) is 47.6 Å². The van der Waals surface area contributed by atoms with Gasteiger partial charge in [0.2, 0.25) is 0 Å². The number of aryl methyl sites for hydroxylation is 1. The molecule has 2 fully saturated rings. The molecule has 2 atom stereocenters. The second-order valence-corrected chi connectivity index (χ2v) is 6.95. The predicted molar refractivity (Wildman–Crippen MR) is 94.4 cm³/mol. The topological polar surface area (TPSA) is 80.0 Å². The number of urea groups is 1. The van der Waals surface area contributed by atoms with Crippen LogP contribution in [0.3, 0.4) is 0 Å². The summed E-state index contributed by atoms with van der Waals surface area (Å²) >= 11 is 0. The number of amides is 2. The molecule has 6 nitrogen and oxygen atoms in total. The van der Waals surface area contributed by atoms with Gasteiger partial charge in [-0.3, -0.25) is 0 Å². The second-order valence-electron chi connectivity index (χ2n) is 6.95. The molecule has 2 amide bonds. The highest BCUT2D eigenvalue weighted by molar-refractivity contribution is 5.87. The van der Waals surface area contributed by atoms with Crippen molar-refractivity contribution in [2.75, 3.05) is 20.7 Å². The minimum absolute atomic E-state index is 0.126. The van der Waals surface area contributed by atoms with E-state index >= 15 is 0 Å². The molecule has 0 aromatic heterocycles. The lowest BCUT2D eigenvalue weighted by Gasteiger charge is -2.42. The normalized spacial score (nSPS) is 28.6. The smallest absolute Gasteiger partial charge is 0.332 e. The average molecular weight is 330 g/mol. The lowest BCUT2D eigenvalue weighted by atomic mass is 9.65. The van der Waals surface area contributed by atoms with Crippen molar-refractivity contribution in [3.8, 4) is 5.75 Å². The first-order valence-electron chi connectivity index (χ1n) is 8.42. The van der Waals surface area contributed by atoms with Crippen LogP contribution >= 0.6 is 0 Å². The Bertz CT molecular complexity index is 673. The van der Waals surface area contributed by atoms with Gasteiger partial charge in [0.15, 0.2) is 0 Å². The Morgan fingerprint density at radius 1 is 1.46 bits per heavy atom. The van der Waals surface area contributed by atoms with Crippen molar-refractivity contribution in [2.24, 2.45) is 10.8 Å². The van der Waals surface area contributed by atoms with Gasteiger partial charge in [0.05, 0.1) is 7.11 Å². The Morgan fingerprint density at radius 3 is 2.96 bits per heavy atom. The van der Waals surface area contributed by atoms with Crippen LogP contribution in [0.4, 0.5) is 4.79 Å². The first-order chi connectivity index (χ1) is 11.5. The lowest BCUT2D eigenvalue weighted by Crippen LogP contribution is -2.46. The van der Waals surface area contributed by atoms with E-state index in [-0.39, 0.29) is 5.41 Å². The summed E-state index contributed by atoms with van der Waals surface area (Å²) in [6, 6.07) is 6.37. The van der Waals surface area contributed by atoms with Gasteiger partial charge >= 0.3 is 6.03 Å². The number of rotatable bonds is 3. The summed E-state index contributed by atoms with van der Waals surface area (Å²) in [5.74, 6) is 0.949. The summed E-state index contributed by atoms with van der Waals surface area (Å²) in [6.45, 7) is 3.14. The Hall–Kier alpha value is -2.08. The van der Waals surface area contributed by atoms with Crippen molar-refractivity contribution in [1.82, 2.24) is 10.3 Å². The highest BCUT2D eigenvalue weighted by atomic mass is 16.5. The zero-order valence-electron chi connectivity index (χ0n) is 14.6. The van der Waals surface area contributed by atoms with Crippen LogP contribution in [0.25, 0.3) is 0 Å². The highest BCUT2D eigenvalue weighted by Gasteiger charge is 2.49. The van der Waals surface area contributed by atoms with Crippen molar-refractivity contribution in [3.05, 3.63) is 29.3 Å². The Kier molecular flexibility index (Phi) is 4.49. The SMILES string of the molecule is COc1cc([C@@]23CCC(=NNC(N)=O)C[C@@H]2N(C)CC3)ccc1C. The number of nitrogens with two attached hydrogens (primary N) is 1. The molecule has 1 saturated heterocycles. The van der Waals surface area contributed by atoms with Gasteiger partial charge in [-0.05, 0) is 57.0 Å². The standard InChI is InChI=1S/C18H26N4O2/c1-12-4-5-13(10-15(12)24-3)18-7-6-14(20-21-17(19)23)11-16(18)22(2)9-8-18/h4-5,10,16H,6-9,11H2,1-3H3,(H3,19,21,23)/t16-,18-/m0/s1. The van der Waals surface area contributed by atoms with E-state index in [0.29, 0.717) is 6.04 Å². The van der Waals surface area contributed by atoms with Gasteiger partial charge in [-0.1, -0.05) is 12.1 Å². The molecule has 130 valence electrons. The molecule has 0 spiro atoms.